The van der Waals surface area contributed by atoms with Gasteiger partial charge in [-0.05, 0) is 87.2 Å². The summed E-state index contributed by atoms with van der Waals surface area (Å²) in [4.78, 5) is 12.5. The molecule has 2 saturated carbocycles. The summed E-state index contributed by atoms with van der Waals surface area (Å²) >= 11 is 1.36. The lowest BCUT2D eigenvalue weighted by atomic mass is 9.63. The molecule has 1 aromatic rings. The summed E-state index contributed by atoms with van der Waals surface area (Å²) in [6, 6.07) is 6.10. The molecular formula is C24H33NO3S. The van der Waals surface area contributed by atoms with Crippen molar-refractivity contribution in [3.63, 3.8) is 0 Å². The molecule has 2 fully saturated rings. The summed E-state index contributed by atoms with van der Waals surface area (Å²) in [5.41, 5.74) is 0.129. The molecule has 0 aromatic carbocycles. The molecule has 1 unspecified atom stereocenters. The van der Waals surface area contributed by atoms with Gasteiger partial charge < -0.3 is 10.2 Å². The number of aliphatic hydroxyl groups excluding tert-OH is 1. The standard InChI is InChI=1S/C24H33NO3S/c1-2-24(14-5-15-24)22(26)9-4-8-20-17(10-11-18(20)16-25)6-3-7-19-12-13-21(29-19)23(27)28/h4,8,12-13,17-18,20,22,26H,2-3,5-7,9-11,14-15H2,1H3,(H,27,28)/b8-4+/t17-,18+,20+,22?/m0/s1. The average Bonchev–Trinajstić information content (AvgIpc) is 3.29. The zero-order chi connectivity index (χ0) is 20.9. The van der Waals surface area contributed by atoms with Gasteiger partial charge in [0.1, 0.15) is 4.88 Å². The van der Waals surface area contributed by atoms with E-state index in [9.17, 15) is 15.2 Å². The van der Waals surface area contributed by atoms with Crippen LogP contribution in [0.25, 0.3) is 0 Å². The summed E-state index contributed by atoms with van der Waals surface area (Å²) in [5, 5.41) is 29.2. The first-order valence-electron chi connectivity index (χ1n) is 11.1. The smallest absolute Gasteiger partial charge is 0.345 e. The summed E-state index contributed by atoms with van der Waals surface area (Å²) in [6.07, 6.45) is 14.4. The Morgan fingerprint density at radius 1 is 1.41 bits per heavy atom. The molecule has 3 rings (SSSR count). The van der Waals surface area contributed by atoms with Crippen molar-refractivity contribution in [2.45, 2.75) is 77.2 Å². The van der Waals surface area contributed by atoms with E-state index >= 15 is 0 Å². The van der Waals surface area contributed by atoms with Crippen molar-refractivity contribution >= 4 is 17.3 Å². The van der Waals surface area contributed by atoms with Crippen LogP contribution >= 0.6 is 11.3 Å². The molecule has 2 aliphatic carbocycles. The molecule has 2 aliphatic rings. The summed E-state index contributed by atoms with van der Waals surface area (Å²) < 4.78 is 0. The van der Waals surface area contributed by atoms with Crippen LogP contribution in [0.3, 0.4) is 0 Å². The number of nitriles is 1. The van der Waals surface area contributed by atoms with Gasteiger partial charge in [-0.15, -0.1) is 11.3 Å². The number of carboxylic acid groups (broad SMARTS) is 1. The molecular weight excluding hydrogens is 382 g/mol. The van der Waals surface area contributed by atoms with Crippen LogP contribution in [0, 0.1) is 34.5 Å². The van der Waals surface area contributed by atoms with E-state index in [1.807, 2.05) is 6.07 Å². The predicted molar refractivity (Wildman–Crippen MR) is 116 cm³/mol. The molecule has 0 radical (unpaired) electrons. The lowest BCUT2D eigenvalue weighted by Crippen LogP contribution is -2.40. The van der Waals surface area contributed by atoms with Gasteiger partial charge in [-0.2, -0.15) is 5.26 Å². The Kier molecular flexibility index (Phi) is 7.54. The molecule has 2 N–H and O–H groups in total. The molecule has 4 nitrogen and oxygen atoms in total. The quantitative estimate of drug-likeness (QED) is 0.472. The molecule has 0 spiro atoms. The van der Waals surface area contributed by atoms with Gasteiger partial charge in [0, 0.05) is 4.88 Å². The summed E-state index contributed by atoms with van der Waals surface area (Å²) in [5.74, 6) is 0.0190. The number of aromatic carboxylic acids is 1. The molecule has 0 bridgehead atoms. The molecule has 4 atom stereocenters. The van der Waals surface area contributed by atoms with Crippen molar-refractivity contribution in [1.29, 1.82) is 5.26 Å². The molecule has 1 aromatic heterocycles. The Labute approximate surface area is 178 Å². The number of carbonyl (C=O) groups is 1. The van der Waals surface area contributed by atoms with Crippen LogP contribution in [0.1, 0.15) is 79.3 Å². The topological polar surface area (TPSA) is 81.3 Å². The van der Waals surface area contributed by atoms with Crippen LogP contribution in [0.4, 0.5) is 0 Å². The van der Waals surface area contributed by atoms with Gasteiger partial charge in [-0.3, -0.25) is 0 Å². The maximum Gasteiger partial charge on any atom is 0.345 e. The van der Waals surface area contributed by atoms with Gasteiger partial charge >= 0.3 is 5.97 Å². The number of allylic oxidation sites excluding steroid dienone is 1. The number of rotatable bonds is 10. The van der Waals surface area contributed by atoms with Gasteiger partial charge in [-0.1, -0.05) is 25.5 Å². The van der Waals surface area contributed by atoms with Crippen LogP contribution in [-0.2, 0) is 6.42 Å². The highest BCUT2D eigenvalue weighted by molar-refractivity contribution is 7.13. The van der Waals surface area contributed by atoms with Gasteiger partial charge in [0.2, 0.25) is 0 Å². The second-order valence-electron chi connectivity index (χ2n) is 8.86. The zero-order valence-corrected chi connectivity index (χ0v) is 18.2. The molecule has 5 heteroatoms. The van der Waals surface area contributed by atoms with E-state index in [-0.39, 0.29) is 23.4 Å². The van der Waals surface area contributed by atoms with E-state index in [2.05, 4.69) is 25.1 Å². The Morgan fingerprint density at radius 2 is 2.21 bits per heavy atom. The lowest BCUT2D eigenvalue weighted by Gasteiger charge is -2.45. The summed E-state index contributed by atoms with van der Waals surface area (Å²) in [6.45, 7) is 2.18. The maximum absolute atomic E-state index is 11.0. The molecule has 0 aliphatic heterocycles. The van der Waals surface area contributed by atoms with Crippen molar-refractivity contribution in [3.8, 4) is 6.07 Å². The highest BCUT2D eigenvalue weighted by Crippen LogP contribution is 2.48. The SMILES string of the molecule is CCC1(C(O)C/C=C/[C@@H]2[C@@H](CCCc3ccc(C(=O)O)s3)CC[C@@H]2C#N)CCC1. The van der Waals surface area contributed by atoms with Crippen molar-refractivity contribution in [3.05, 3.63) is 34.0 Å². The predicted octanol–water partition coefficient (Wildman–Crippen LogP) is 5.82. The van der Waals surface area contributed by atoms with Gasteiger partial charge in [0.25, 0.3) is 0 Å². The fourth-order valence-corrected chi connectivity index (χ4v) is 6.11. The largest absolute Gasteiger partial charge is 0.477 e. The third kappa shape index (κ3) is 5.10. The Balaban J connectivity index is 1.51. The third-order valence-electron chi connectivity index (χ3n) is 7.37. The van der Waals surface area contributed by atoms with Crippen molar-refractivity contribution in [2.24, 2.45) is 23.2 Å². The third-order valence-corrected chi connectivity index (χ3v) is 8.50. The van der Waals surface area contributed by atoms with Gasteiger partial charge in [0.15, 0.2) is 0 Å². The van der Waals surface area contributed by atoms with E-state index in [4.69, 9.17) is 5.11 Å². The highest BCUT2D eigenvalue weighted by atomic mass is 32.1. The van der Waals surface area contributed by atoms with Gasteiger partial charge in [-0.25, -0.2) is 4.79 Å². The van der Waals surface area contributed by atoms with Crippen LogP contribution in [0.15, 0.2) is 24.3 Å². The van der Waals surface area contributed by atoms with Crippen molar-refractivity contribution < 1.29 is 15.0 Å². The number of hydrogen-bond donors (Lipinski definition) is 2. The average molecular weight is 416 g/mol. The monoisotopic (exact) mass is 415 g/mol. The van der Waals surface area contributed by atoms with E-state index in [0.29, 0.717) is 17.2 Å². The van der Waals surface area contributed by atoms with Crippen molar-refractivity contribution in [1.82, 2.24) is 0 Å². The zero-order valence-electron chi connectivity index (χ0n) is 17.3. The normalized spacial score (nSPS) is 26.9. The van der Waals surface area contributed by atoms with E-state index in [1.165, 1.54) is 17.8 Å². The number of aliphatic hydroxyl groups is 1. The van der Waals surface area contributed by atoms with Crippen LogP contribution < -0.4 is 0 Å². The first-order valence-corrected chi connectivity index (χ1v) is 11.9. The molecule has 0 amide bonds. The van der Waals surface area contributed by atoms with Crippen LogP contribution in [0.5, 0.6) is 0 Å². The van der Waals surface area contributed by atoms with Crippen LogP contribution in [-0.4, -0.2) is 22.3 Å². The second-order valence-corrected chi connectivity index (χ2v) is 10.0. The number of hydrogen-bond acceptors (Lipinski definition) is 4. The number of thiophene rings is 1. The highest BCUT2D eigenvalue weighted by Gasteiger charge is 2.41. The fourth-order valence-electron chi connectivity index (χ4n) is 5.22. The van der Waals surface area contributed by atoms with Gasteiger partial charge in [0.05, 0.1) is 18.1 Å². The Hall–Kier alpha value is -1.64. The Bertz CT molecular complexity index is 753. The summed E-state index contributed by atoms with van der Waals surface area (Å²) in [7, 11) is 0. The maximum atomic E-state index is 11.0. The Morgan fingerprint density at radius 3 is 2.79 bits per heavy atom. The number of aryl methyl sites for hydroxylation is 1. The molecule has 29 heavy (non-hydrogen) atoms. The minimum Gasteiger partial charge on any atom is -0.477 e. The van der Waals surface area contributed by atoms with Crippen molar-refractivity contribution in [2.75, 3.05) is 0 Å². The minimum atomic E-state index is -0.854. The second kappa shape index (κ2) is 9.91. The van der Waals surface area contributed by atoms with E-state index in [1.54, 1.807) is 6.07 Å². The van der Waals surface area contributed by atoms with Crippen LogP contribution in [0.2, 0.25) is 0 Å². The number of carboxylic acids is 1. The first kappa shape index (κ1) is 22.1. The lowest BCUT2D eigenvalue weighted by molar-refractivity contribution is -0.0355. The first-order chi connectivity index (χ1) is 14.0. The van der Waals surface area contributed by atoms with E-state index < -0.39 is 5.97 Å². The number of nitrogens with zero attached hydrogens (tertiary/aromatic N) is 1. The molecule has 1 heterocycles. The molecule has 0 saturated heterocycles. The molecule has 158 valence electrons. The fraction of sp³-hybridized carbons (Fsp3) is 0.667. The van der Waals surface area contributed by atoms with E-state index in [0.717, 1.165) is 56.2 Å². The minimum absolute atomic E-state index is 0.0811.